The second-order valence-electron chi connectivity index (χ2n) is 9.24. The van der Waals surface area contributed by atoms with Gasteiger partial charge in [-0.3, -0.25) is 9.59 Å². The van der Waals surface area contributed by atoms with Gasteiger partial charge in [0, 0.05) is 49.2 Å². The topological polar surface area (TPSA) is 104 Å². The second-order valence-corrected chi connectivity index (χ2v) is 9.24. The Morgan fingerprint density at radius 1 is 1.09 bits per heavy atom. The molecule has 0 atom stereocenters. The molecule has 2 aliphatic rings. The maximum Gasteiger partial charge on any atom is 0.257 e. The number of nitrogens with one attached hydrogen (secondary N) is 1. The Balaban J connectivity index is 1.24. The van der Waals surface area contributed by atoms with E-state index < -0.39 is 0 Å². The normalized spacial score (nSPS) is 15.7. The zero-order valence-electron chi connectivity index (χ0n) is 19.6. The number of hydrogen-bond acceptors (Lipinski definition) is 6. The smallest absolute Gasteiger partial charge is 0.257 e. The standard InChI is InChI=1S/C26H28N6O2/c1-15-8-16(2)10-19(9-15)29-26-28-12-21-23(30-26)6-7-32(25(21)34)20-13-31(14-20)24(33)18-4-5-22(27)17(3)11-18/h4-5,8-12,20H,6-7,13-14,27H2,1-3H3,(H,28,29,30). The summed E-state index contributed by atoms with van der Waals surface area (Å²) in [6.07, 6.45) is 2.27. The Morgan fingerprint density at radius 2 is 1.82 bits per heavy atom. The van der Waals surface area contributed by atoms with Gasteiger partial charge in [0.05, 0.1) is 17.3 Å². The number of nitrogens with two attached hydrogens (primary N) is 1. The number of nitrogens with zero attached hydrogens (tertiary/aromatic N) is 4. The zero-order valence-corrected chi connectivity index (χ0v) is 19.6. The molecule has 0 saturated carbocycles. The highest BCUT2D eigenvalue weighted by molar-refractivity contribution is 5.98. The fraction of sp³-hybridized carbons (Fsp3) is 0.308. The molecule has 0 bridgehead atoms. The fourth-order valence-corrected chi connectivity index (χ4v) is 4.66. The predicted molar refractivity (Wildman–Crippen MR) is 131 cm³/mol. The minimum atomic E-state index is -0.0698. The van der Waals surface area contributed by atoms with Crippen LogP contribution in [0.2, 0.25) is 0 Å². The third-order valence-electron chi connectivity index (χ3n) is 6.53. The van der Waals surface area contributed by atoms with E-state index in [0.29, 0.717) is 48.8 Å². The SMILES string of the molecule is Cc1cc(C)cc(Nc2ncc3c(n2)CCN(C2CN(C(=O)c4ccc(N)c(C)c4)C2)C3=O)c1. The molecule has 174 valence electrons. The number of benzene rings is 2. The number of fused-ring (bicyclic) bond motifs is 1. The third kappa shape index (κ3) is 4.07. The van der Waals surface area contributed by atoms with E-state index >= 15 is 0 Å². The van der Waals surface area contributed by atoms with Gasteiger partial charge in [-0.05, 0) is 67.8 Å². The van der Waals surface area contributed by atoms with Crippen LogP contribution in [0.3, 0.4) is 0 Å². The highest BCUT2D eigenvalue weighted by Crippen LogP contribution is 2.26. The molecule has 3 heterocycles. The monoisotopic (exact) mass is 456 g/mol. The Bertz CT molecular complexity index is 1280. The van der Waals surface area contributed by atoms with Crippen LogP contribution in [-0.2, 0) is 6.42 Å². The lowest BCUT2D eigenvalue weighted by atomic mass is 9.99. The van der Waals surface area contributed by atoms with E-state index in [1.54, 1.807) is 23.2 Å². The van der Waals surface area contributed by atoms with Crippen LogP contribution in [0, 0.1) is 20.8 Å². The number of carbonyl (C=O) groups is 2. The van der Waals surface area contributed by atoms with Crippen LogP contribution in [-0.4, -0.2) is 57.3 Å². The Hall–Kier alpha value is -3.94. The third-order valence-corrected chi connectivity index (χ3v) is 6.53. The Kier molecular flexibility index (Phi) is 5.43. The molecule has 0 spiro atoms. The lowest BCUT2D eigenvalue weighted by molar-refractivity contribution is 0.0216. The molecule has 5 rings (SSSR count). The van der Waals surface area contributed by atoms with Crippen LogP contribution in [0.5, 0.6) is 0 Å². The van der Waals surface area contributed by atoms with E-state index in [9.17, 15) is 9.59 Å². The van der Waals surface area contributed by atoms with Crippen molar-refractivity contribution < 1.29 is 9.59 Å². The molecule has 3 aromatic rings. The summed E-state index contributed by atoms with van der Waals surface area (Å²) in [6, 6.07) is 11.5. The summed E-state index contributed by atoms with van der Waals surface area (Å²) >= 11 is 0. The van der Waals surface area contributed by atoms with Crippen LogP contribution in [0.25, 0.3) is 0 Å². The first-order chi connectivity index (χ1) is 16.3. The van der Waals surface area contributed by atoms with Gasteiger partial charge >= 0.3 is 0 Å². The van der Waals surface area contributed by atoms with Crippen LogP contribution in [0.1, 0.15) is 43.1 Å². The van der Waals surface area contributed by atoms with E-state index in [0.717, 1.165) is 28.1 Å². The molecule has 0 aliphatic carbocycles. The van der Waals surface area contributed by atoms with Gasteiger partial charge in [-0.25, -0.2) is 9.97 Å². The number of aryl methyl sites for hydroxylation is 3. The van der Waals surface area contributed by atoms with Gasteiger partial charge in [0.15, 0.2) is 0 Å². The van der Waals surface area contributed by atoms with Gasteiger partial charge in [0.25, 0.3) is 11.8 Å². The van der Waals surface area contributed by atoms with Crippen molar-refractivity contribution in [3.05, 3.63) is 76.1 Å². The van der Waals surface area contributed by atoms with Crippen LogP contribution >= 0.6 is 0 Å². The Labute approximate surface area is 198 Å². The average Bonchev–Trinajstić information content (AvgIpc) is 2.75. The molecule has 8 nitrogen and oxygen atoms in total. The van der Waals surface area contributed by atoms with E-state index in [-0.39, 0.29) is 17.9 Å². The lowest BCUT2D eigenvalue weighted by Crippen LogP contribution is -2.63. The van der Waals surface area contributed by atoms with Crippen molar-refractivity contribution >= 4 is 29.1 Å². The van der Waals surface area contributed by atoms with Crippen molar-refractivity contribution in [2.45, 2.75) is 33.2 Å². The first kappa shape index (κ1) is 21.9. The minimum absolute atomic E-state index is 0.00699. The van der Waals surface area contributed by atoms with Crippen molar-refractivity contribution in [3.63, 3.8) is 0 Å². The molecule has 2 amide bonds. The van der Waals surface area contributed by atoms with Crippen molar-refractivity contribution in [1.82, 2.24) is 19.8 Å². The summed E-state index contributed by atoms with van der Waals surface area (Å²) in [7, 11) is 0. The van der Waals surface area contributed by atoms with E-state index in [1.165, 1.54) is 0 Å². The van der Waals surface area contributed by atoms with Crippen molar-refractivity contribution in [1.29, 1.82) is 0 Å². The first-order valence-electron chi connectivity index (χ1n) is 11.5. The molecule has 1 saturated heterocycles. The number of nitrogen functional groups attached to an aromatic ring is 1. The summed E-state index contributed by atoms with van der Waals surface area (Å²) in [5.41, 5.74) is 12.6. The van der Waals surface area contributed by atoms with Gasteiger partial charge < -0.3 is 20.9 Å². The number of aromatic nitrogens is 2. The van der Waals surface area contributed by atoms with E-state index in [4.69, 9.17) is 5.73 Å². The van der Waals surface area contributed by atoms with Crippen molar-refractivity contribution in [2.75, 3.05) is 30.7 Å². The fourth-order valence-electron chi connectivity index (χ4n) is 4.66. The molecule has 34 heavy (non-hydrogen) atoms. The highest BCUT2D eigenvalue weighted by Gasteiger charge is 2.40. The number of carbonyl (C=O) groups excluding carboxylic acids is 2. The molecule has 1 aromatic heterocycles. The molecule has 1 fully saturated rings. The maximum atomic E-state index is 13.1. The molecule has 3 N–H and O–H groups in total. The maximum absolute atomic E-state index is 13.1. The van der Waals surface area contributed by atoms with Gasteiger partial charge in [-0.15, -0.1) is 0 Å². The van der Waals surface area contributed by atoms with Crippen molar-refractivity contribution in [3.8, 4) is 0 Å². The van der Waals surface area contributed by atoms with Crippen LogP contribution < -0.4 is 11.1 Å². The van der Waals surface area contributed by atoms with E-state index in [2.05, 4.69) is 21.4 Å². The largest absolute Gasteiger partial charge is 0.399 e. The molecule has 0 unspecified atom stereocenters. The van der Waals surface area contributed by atoms with Crippen LogP contribution in [0.15, 0.2) is 42.6 Å². The molecule has 2 aliphatic heterocycles. The first-order valence-corrected chi connectivity index (χ1v) is 11.5. The summed E-state index contributed by atoms with van der Waals surface area (Å²) in [5, 5.41) is 3.25. The van der Waals surface area contributed by atoms with Crippen molar-refractivity contribution in [2.24, 2.45) is 0 Å². The lowest BCUT2D eigenvalue weighted by Gasteiger charge is -2.46. The van der Waals surface area contributed by atoms with Gasteiger partial charge in [0.2, 0.25) is 5.95 Å². The average molecular weight is 457 g/mol. The number of anilines is 3. The second kappa shape index (κ2) is 8.44. The van der Waals surface area contributed by atoms with Gasteiger partial charge in [0.1, 0.15) is 0 Å². The van der Waals surface area contributed by atoms with Gasteiger partial charge in [-0.1, -0.05) is 6.07 Å². The zero-order chi connectivity index (χ0) is 24.0. The summed E-state index contributed by atoms with van der Waals surface area (Å²) in [6.45, 7) is 7.61. The quantitative estimate of drug-likeness (QED) is 0.584. The Morgan fingerprint density at radius 3 is 2.53 bits per heavy atom. The molecular formula is C26H28N6O2. The molecular weight excluding hydrogens is 428 g/mol. The number of amides is 2. The van der Waals surface area contributed by atoms with Gasteiger partial charge in [-0.2, -0.15) is 0 Å². The summed E-state index contributed by atoms with van der Waals surface area (Å²) in [5.74, 6) is 0.387. The van der Waals surface area contributed by atoms with E-state index in [1.807, 2.05) is 43.9 Å². The predicted octanol–water partition coefficient (Wildman–Crippen LogP) is 3.25. The number of likely N-dealkylation sites (tertiary alicyclic amines) is 1. The summed E-state index contributed by atoms with van der Waals surface area (Å²) < 4.78 is 0. The number of hydrogen-bond donors (Lipinski definition) is 2. The number of rotatable bonds is 4. The molecule has 8 heteroatoms. The molecule has 0 radical (unpaired) electrons. The molecule has 2 aromatic carbocycles. The summed E-state index contributed by atoms with van der Waals surface area (Å²) in [4.78, 5) is 38.5. The highest BCUT2D eigenvalue weighted by atomic mass is 16.2. The minimum Gasteiger partial charge on any atom is -0.399 e. The van der Waals surface area contributed by atoms with Crippen LogP contribution in [0.4, 0.5) is 17.3 Å².